The molecule has 2 saturated carbocycles. The van der Waals surface area contributed by atoms with Crippen molar-refractivity contribution in [3.63, 3.8) is 0 Å². The van der Waals surface area contributed by atoms with Crippen molar-refractivity contribution in [2.45, 2.75) is 81.3 Å². The number of fused-ring (bicyclic) bond motifs is 1. The van der Waals surface area contributed by atoms with Gasteiger partial charge in [-0.15, -0.1) is 24.8 Å². The molecular formula is C24H35Cl2N7O3S. The van der Waals surface area contributed by atoms with Crippen LogP contribution in [0.5, 0.6) is 5.75 Å². The van der Waals surface area contributed by atoms with Crippen LogP contribution in [-0.2, 0) is 10.0 Å². The summed E-state index contributed by atoms with van der Waals surface area (Å²) in [7, 11) is -3.89. The lowest BCUT2D eigenvalue weighted by Crippen LogP contribution is -2.33. The summed E-state index contributed by atoms with van der Waals surface area (Å²) in [6.07, 6.45) is 9.95. The predicted octanol–water partition coefficient (Wildman–Crippen LogP) is 4.67. The molecule has 0 radical (unpaired) electrons. The number of nitrogens with one attached hydrogen (secondary N) is 2. The Morgan fingerprint density at radius 1 is 1.03 bits per heavy atom. The van der Waals surface area contributed by atoms with Crippen LogP contribution in [0.1, 0.15) is 64.3 Å². The SMILES string of the molecule is CCOc1ccc(S(=O)(=O)Nc2nc(N[C@H]3CC[C@H](N)CC3)nc3c2ncn3C2CCCC2)cc1.Cl.Cl. The van der Waals surface area contributed by atoms with E-state index in [0.717, 1.165) is 38.5 Å². The summed E-state index contributed by atoms with van der Waals surface area (Å²) in [5.74, 6) is 1.20. The lowest BCUT2D eigenvalue weighted by Gasteiger charge is -2.27. The van der Waals surface area contributed by atoms with E-state index in [9.17, 15) is 8.42 Å². The van der Waals surface area contributed by atoms with Gasteiger partial charge in [-0.1, -0.05) is 12.8 Å². The lowest BCUT2D eigenvalue weighted by atomic mass is 9.92. The molecule has 2 aliphatic carbocycles. The highest BCUT2D eigenvalue weighted by molar-refractivity contribution is 7.92. The third-order valence-electron chi connectivity index (χ3n) is 6.92. The predicted molar refractivity (Wildman–Crippen MR) is 150 cm³/mol. The van der Waals surface area contributed by atoms with Crippen LogP contribution in [0.2, 0.25) is 0 Å². The van der Waals surface area contributed by atoms with E-state index in [1.54, 1.807) is 18.5 Å². The molecule has 0 saturated heterocycles. The monoisotopic (exact) mass is 571 g/mol. The second kappa shape index (κ2) is 12.5. The molecule has 0 spiro atoms. The Morgan fingerprint density at radius 3 is 2.35 bits per heavy atom. The number of hydrogen-bond donors (Lipinski definition) is 3. The molecule has 0 unspecified atom stereocenters. The number of nitrogens with zero attached hydrogens (tertiary/aromatic N) is 4. The maximum atomic E-state index is 13.2. The average Bonchev–Trinajstić information content (AvgIpc) is 3.51. The molecule has 10 nitrogen and oxygen atoms in total. The molecular weight excluding hydrogens is 537 g/mol. The molecule has 2 fully saturated rings. The van der Waals surface area contributed by atoms with Crippen LogP contribution in [0, 0.1) is 0 Å². The van der Waals surface area contributed by atoms with Crippen molar-refractivity contribution in [1.82, 2.24) is 19.5 Å². The van der Waals surface area contributed by atoms with Crippen molar-refractivity contribution < 1.29 is 13.2 Å². The standard InChI is InChI=1S/C24H33N7O3S.2ClH/c1-2-34-19-11-13-20(14-12-19)35(32,33)30-22-21-23(31(15-26-21)18-5-3-4-6-18)29-24(28-22)27-17-9-7-16(25)8-10-17;;/h11-18H,2-10,25H2,1H3,(H2,27,28,29,30);2*1H/t16-,17-;;. The Balaban J connectivity index is 0.00000190. The van der Waals surface area contributed by atoms with Gasteiger partial charge in [-0.2, -0.15) is 9.97 Å². The Morgan fingerprint density at radius 2 is 1.70 bits per heavy atom. The number of rotatable bonds is 8. The van der Waals surface area contributed by atoms with E-state index >= 15 is 0 Å². The third-order valence-corrected chi connectivity index (χ3v) is 8.28. The topological polar surface area (TPSA) is 137 Å². The van der Waals surface area contributed by atoms with Crippen molar-refractivity contribution in [2.24, 2.45) is 5.73 Å². The summed E-state index contributed by atoms with van der Waals surface area (Å²) >= 11 is 0. The molecule has 1 aromatic carbocycles. The lowest BCUT2D eigenvalue weighted by molar-refractivity contribution is 0.340. The molecule has 204 valence electrons. The van der Waals surface area contributed by atoms with E-state index in [1.807, 2.05) is 6.92 Å². The number of benzene rings is 1. The maximum Gasteiger partial charge on any atom is 0.263 e. The molecule has 0 bridgehead atoms. The van der Waals surface area contributed by atoms with E-state index < -0.39 is 10.0 Å². The van der Waals surface area contributed by atoms with Crippen molar-refractivity contribution in [3.8, 4) is 5.75 Å². The number of ether oxygens (including phenoxy) is 1. The van der Waals surface area contributed by atoms with Crippen LogP contribution in [0.15, 0.2) is 35.5 Å². The normalized spacial score (nSPS) is 20.2. The van der Waals surface area contributed by atoms with Gasteiger partial charge in [-0.05, 0) is 69.7 Å². The minimum absolute atomic E-state index is 0. The second-order valence-electron chi connectivity index (χ2n) is 9.42. The van der Waals surface area contributed by atoms with E-state index in [-0.39, 0.29) is 47.6 Å². The van der Waals surface area contributed by atoms with Gasteiger partial charge in [0.1, 0.15) is 5.75 Å². The van der Waals surface area contributed by atoms with Gasteiger partial charge in [0.2, 0.25) is 5.95 Å². The van der Waals surface area contributed by atoms with Crippen molar-refractivity contribution in [1.29, 1.82) is 0 Å². The Hall–Kier alpha value is -2.34. The zero-order chi connectivity index (χ0) is 24.4. The summed E-state index contributed by atoms with van der Waals surface area (Å²) in [5, 5.41) is 3.42. The first-order valence-electron chi connectivity index (χ1n) is 12.5. The summed E-state index contributed by atoms with van der Waals surface area (Å²) in [5.41, 5.74) is 7.15. The smallest absolute Gasteiger partial charge is 0.263 e. The fourth-order valence-corrected chi connectivity index (χ4v) is 6.02. The van der Waals surface area contributed by atoms with Gasteiger partial charge in [-0.3, -0.25) is 4.72 Å². The molecule has 0 amide bonds. The molecule has 3 aromatic rings. The van der Waals surface area contributed by atoms with E-state index in [4.69, 9.17) is 15.5 Å². The largest absolute Gasteiger partial charge is 0.494 e. The van der Waals surface area contributed by atoms with Crippen LogP contribution in [-0.4, -0.2) is 46.6 Å². The fourth-order valence-electron chi connectivity index (χ4n) is 5.02. The van der Waals surface area contributed by atoms with E-state index in [0.29, 0.717) is 35.5 Å². The molecule has 0 aliphatic heterocycles. The summed E-state index contributed by atoms with van der Waals surface area (Å²) < 4.78 is 36.6. The Labute approximate surface area is 230 Å². The number of sulfonamides is 1. The van der Waals surface area contributed by atoms with Gasteiger partial charge in [-0.25, -0.2) is 13.4 Å². The second-order valence-corrected chi connectivity index (χ2v) is 11.1. The van der Waals surface area contributed by atoms with Crippen LogP contribution < -0.4 is 20.5 Å². The number of hydrogen-bond acceptors (Lipinski definition) is 8. The Bertz CT molecular complexity index is 1270. The minimum Gasteiger partial charge on any atom is -0.494 e. The summed E-state index contributed by atoms with van der Waals surface area (Å²) in [4.78, 5) is 14.0. The zero-order valence-corrected chi connectivity index (χ0v) is 23.2. The van der Waals surface area contributed by atoms with Gasteiger partial charge >= 0.3 is 0 Å². The molecule has 13 heteroatoms. The number of aromatic nitrogens is 4. The number of imidazole rings is 1. The molecule has 2 heterocycles. The number of halogens is 2. The van der Waals surface area contributed by atoms with Gasteiger partial charge in [0.25, 0.3) is 10.0 Å². The number of nitrogens with two attached hydrogens (primary N) is 1. The molecule has 0 atom stereocenters. The van der Waals surface area contributed by atoms with Crippen molar-refractivity contribution >= 4 is 57.8 Å². The third kappa shape index (κ3) is 6.57. The first kappa shape index (κ1) is 29.2. The van der Waals surface area contributed by atoms with Crippen molar-refractivity contribution in [2.75, 3.05) is 16.6 Å². The van der Waals surface area contributed by atoms with E-state index in [2.05, 4.69) is 24.6 Å². The summed E-state index contributed by atoms with van der Waals surface area (Å²) in [6, 6.07) is 7.07. The first-order chi connectivity index (χ1) is 16.9. The Kier molecular flexibility index (Phi) is 9.85. The highest BCUT2D eigenvalue weighted by Crippen LogP contribution is 2.34. The molecule has 5 rings (SSSR count). The minimum atomic E-state index is -3.89. The quantitative estimate of drug-likeness (QED) is 0.354. The molecule has 2 aliphatic rings. The van der Waals surface area contributed by atoms with Gasteiger partial charge < -0.3 is 20.4 Å². The highest BCUT2D eigenvalue weighted by Gasteiger charge is 2.25. The highest BCUT2D eigenvalue weighted by atomic mass is 35.5. The first-order valence-corrected chi connectivity index (χ1v) is 13.9. The van der Waals surface area contributed by atoms with Gasteiger partial charge in [0.05, 0.1) is 17.8 Å². The maximum absolute atomic E-state index is 13.2. The number of anilines is 2. The average molecular weight is 573 g/mol. The van der Waals surface area contributed by atoms with Gasteiger partial charge in [0, 0.05) is 18.1 Å². The van der Waals surface area contributed by atoms with Crippen molar-refractivity contribution in [3.05, 3.63) is 30.6 Å². The van der Waals surface area contributed by atoms with Crippen LogP contribution >= 0.6 is 24.8 Å². The van der Waals surface area contributed by atoms with Crippen LogP contribution in [0.3, 0.4) is 0 Å². The fraction of sp³-hybridized carbons (Fsp3) is 0.542. The molecule has 4 N–H and O–H groups in total. The molecule has 37 heavy (non-hydrogen) atoms. The van der Waals surface area contributed by atoms with Gasteiger partial charge in [0.15, 0.2) is 17.0 Å². The van der Waals surface area contributed by atoms with Crippen LogP contribution in [0.25, 0.3) is 11.2 Å². The van der Waals surface area contributed by atoms with E-state index in [1.165, 1.54) is 25.0 Å². The molecule has 2 aromatic heterocycles. The van der Waals surface area contributed by atoms with Crippen LogP contribution in [0.4, 0.5) is 11.8 Å². The summed E-state index contributed by atoms with van der Waals surface area (Å²) in [6.45, 7) is 2.39. The zero-order valence-electron chi connectivity index (χ0n) is 20.8.